The van der Waals surface area contributed by atoms with Gasteiger partial charge < -0.3 is 15.0 Å². The van der Waals surface area contributed by atoms with Crippen molar-refractivity contribution < 1.29 is 14.3 Å². The van der Waals surface area contributed by atoms with Gasteiger partial charge in [-0.1, -0.05) is 72.8 Å². The molecule has 5 nitrogen and oxygen atoms in total. The molecule has 33 heavy (non-hydrogen) atoms. The van der Waals surface area contributed by atoms with E-state index in [9.17, 15) is 9.59 Å². The maximum atomic E-state index is 13.5. The summed E-state index contributed by atoms with van der Waals surface area (Å²) in [5.41, 5.74) is 2.60. The minimum atomic E-state index is -1.17. The van der Waals surface area contributed by atoms with Crippen molar-refractivity contribution in [1.82, 2.24) is 10.2 Å². The Morgan fingerprint density at radius 2 is 1.58 bits per heavy atom. The van der Waals surface area contributed by atoms with Gasteiger partial charge in [0.1, 0.15) is 0 Å². The van der Waals surface area contributed by atoms with Crippen LogP contribution in [-0.2, 0) is 16.0 Å². The zero-order valence-electron chi connectivity index (χ0n) is 19.2. The number of nitrogens with zero attached hydrogens (tertiary/aromatic N) is 1. The Balaban J connectivity index is 1.69. The predicted octanol–water partition coefficient (Wildman–Crippen LogP) is 4.33. The van der Waals surface area contributed by atoms with Crippen molar-refractivity contribution in [2.75, 3.05) is 19.7 Å². The van der Waals surface area contributed by atoms with Crippen molar-refractivity contribution in [3.63, 3.8) is 0 Å². The average Bonchev–Trinajstić information content (AvgIpc) is 2.85. The first-order valence-corrected chi connectivity index (χ1v) is 11.4. The lowest BCUT2D eigenvalue weighted by Crippen LogP contribution is -2.62. The Kier molecular flexibility index (Phi) is 6.90. The van der Waals surface area contributed by atoms with Crippen LogP contribution in [0, 0.1) is 0 Å². The molecule has 3 aromatic rings. The Morgan fingerprint density at radius 1 is 0.939 bits per heavy atom. The largest absolute Gasteiger partial charge is 0.361 e. The molecule has 0 bridgehead atoms. The van der Waals surface area contributed by atoms with Crippen molar-refractivity contribution in [1.29, 1.82) is 0 Å². The second-order valence-corrected chi connectivity index (χ2v) is 8.76. The van der Waals surface area contributed by atoms with E-state index < -0.39 is 5.60 Å². The highest BCUT2D eigenvalue weighted by Crippen LogP contribution is 2.31. The van der Waals surface area contributed by atoms with Gasteiger partial charge in [-0.2, -0.15) is 0 Å². The van der Waals surface area contributed by atoms with E-state index in [0.717, 1.165) is 16.7 Å². The number of rotatable bonds is 6. The Morgan fingerprint density at radius 3 is 2.27 bits per heavy atom. The van der Waals surface area contributed by atoms with Crippen molar-refractivity contribution in [2.45, 2.75) is 31.9 Å². The Bertz CT molecular complexity index is 1100. The van der Waals surface area contributed by atoms with Crippen molar-refractivity contribution in [3.8, 4) is 11.1 Å². The number of ether oxygens (including phenoxy) is 1. The van der Waals surface area contributed by atoms with E-state index in [1.807, 2.05) is 68.4 Å². The zero-order valence-corrected chi connectivity index (χ0v) is 19.2. The summed E-state index contributed by atoms with van der Waals surface area (Å²) in [6, 6.07) is 27.4. The first-order chi connectivity index (χ1) is 16.0. The van der Waals surface area contributed by atoms with Crippen molar-refractivity contribution in [3.05, 3.63) is 96.1 Å². The summed E-state index contributed by atoms with van der Waals surface area (Å²) in [6.45, 7) is 4.81. The first-order valence-electron chi connectivity index (χ1n) is 11.4. The van der Waals surface area contributed by atoms with E-state index in [0.29, 0.717) is 25.1 Å². The van der Waals surface area contributed by atoms with Gasteiger partial charge in [0.25, 0.3) is 11.8 Å². The van der Waals surface area contributed by atoms with Gasteiger partial charge in [0.15, 0.2) is 5.60 Å². The van der Waals surface area contributed by atoms with Gasteiger partial charge in [0, 0.05) is 24.6 Å². The third-order valence-electron chi connectivity index (χ3n) is 5.91. The highest BCUT2D eigenvalue weighted by atomic mass is 16.5. The summed E-state index contributed by atoms with van der Waals surface area (Å²) in [7, 11) is 0. The molecule has 0 aliphatic carbocycles. The molecule has 1 aliphatic heterocycles. The lowest BCUT2D eigenvalue weighted by Gasteiger charge is -2.42. The van der Waals surface area contributed by atoms with E-state index in [1.54, 1.807) is 17.0 Å². The molecule has 1 atom stereocenters. The van der Waals surface area contributed by atoms with Crippen LogP contribution in [0.4, 0.5) is 0 Å². The van der Waals surface area contributed by atoms with Gasteiger partial charge in [-0.05, 0) is 42.7 Å². The molecule has 0 radical (unpaired) electrons. The fraction of sp³-hybridized carbons (Fsp3) is 0.286. The van der Waals surface area contributed by atoms with E-state index in [1.165, 1.54) is 0 Å². The summed E-state index contributed by atoms with van der Waals surface area (Å²) in [4.78, 5) is 28.5. The van der Waals surface area contributed by atoms with E-state index in [2.05, 4.69) is 23.5 Å². The third kappa shape index (κ3) is 5.15. The molecule has 0 aromatic heterocycles. The number of hydrogen-bond donors (Lipinski definition) is 1. The number of morpholine rings is 1. The second-order valence-electron chi connectivity index (χ2n) is 8.76. The highest BCUT2D eigenvalue weighted by Gasteiger charge is 2.45. The van der Waals surface area contributed by atoms with Gasteiger partial charge in [0.2, 0.25) is 0 Å². The SMILES string of the molecule is CC(C)NC(=O)C1(Cc2ccccc2-c2ccccc2)CN(C(=O)c2ccccc2)CCO1. The van der Waals surface area contributed by atoms with Crippen molar-refractivity contribution in [2.24, 2.45) is 0 Å². The van der Waals surface area contributed by atoms with Gasteiger partial charge >= 0.3 is 0 Å². The zero-order chi connectivity index (χ0) is 23.3. The molecular formula is C28H30N2O3. The predicted molar refractivity (Wildman–Crippen MR) is 130 cm³/mol. The van der Waals surface area contributed by atoms with Gasteiger partial charge in [-0.3, -0.25) is 9.59 Å². The van der Waals surface area contributed by atoms with E-state index >= 15 is 0 Å². The Labute approximate surface area is 195 Å². The van der Waals surface area contributed by atoms with E-state index in [-0.39, 0.29) is 24.4 Å². The lowest BCUT2D eigenvalue weighted by atomic mass is 9.87. The summed E-state index contributed by atoms with van der Waals surface area (Å²) in [5, 5.41) is 3.03. The van der Waals surface area contributed by atoms with Gasteiger partial charge in [0.05, 0.1) is 13.2 Å². The number of benzene rings is 3. The maximum absolute atomic E-state index is 13.5. The normalized spacial score (nSPS) is 18.2. The molecule has 1 fully saturated rings. The van der Waals surface area contributed by atoms with Crippen LogP contribution in [0.2, 0.25) is 0 Å². The maximum Gasteiger partial charge on any atom is 0.254 e. The first kappa shape index (κ1) is 22.7. The lowest BCUT2D eigenvalue weighted by molar-refractivity contribution is -0.157. The third-order valence-corrected chi connectivity index (χ3v) is 5.91. The molecule has 3 aromatic carbocycles. The molecule has 1 unspecified atom stereocenters. The van der Waals surface area contributed by atoms with Crippen molar-refractivity contribution >= 4 is 11.8 Å². The number of hydrogen-bond acceptors (Lipinski definition) is 3. The molecule has 1 N–H and O–H groups in total. The van der Waals surface area contributed by atoms with Crippen LogP contribution in [0.25, 0.3) is 11.1 Å². The molecule has 5 heteroatoms. The summed E-state index contributed by atoms with van der Waals surface area (Å²) < 4.78 is 6.23. The smallest absolute Gasteiger partial charge is 0.254 e. The summed E-state index contributed by atoms with van der Waals surface area (Å²) >= 11 is 0. The topological polar surface area (TPSA) is 58.6 Å². The fourth-order valence-electron chi connectivity index (χ4n) is 4.32. The molecule has 0 saturated carbocycles. The average molecular weight is 443 g/mol. The van der Waals surface area contributed by atoms with Crippen LogP contribution in [-0.4, -0.2) is 48.1 Å². The van der Waals surface area contributed by atoms with Crippen LogP contribution >= 0.6 is 0 Å². The second kappa shape index (κ2) is 10.0. The van der Waals surface area contributed by atoms with Gasteiger partial charge in [-0.25, -0.2) is 0 Å². The molecule has 170 valence electrons. The van der Waals surface area contributed by atoms with Crippen LogP contribution < -0.4 is 5.32 Å². The quantitative estimate of drug-likeness (QED) is 0.618. The molecule has 1 saturated heterocycles. The monoisotopic (exact) mass is 442 g/mol. The molecule has 1 aliphatic rings. The number of nitrogens with one attached hydrogen (secondary N) is 1. The molecular weight excluding hydrogens is 412 g/mol. The van der Waals surface area contributed by atoms with Crippen LogP contribution in [0.5, 0.6) is 0 Å². The van der Waals surface area contributed by atoms with Gasteiger partial charge in [-0.15, -0.1) is 0 Å². The van der Waals surface area contributed by atoms with Crippen LogP contribution in [0.3, 0.4) is 0 Å². The molecule has 2 amide bonds. The summed E-state index contributed by atoms with van der Waals surface area (Å²) in [6.07, 6.45) is 0.370. The minimum Gasteiger partial charge on any atom is -0.361 e. The number of carbonyl (C=O) groups is 2. The van der Waals surface area contributed by atoms with E-state index in [4.69, 9.17) is 4.74 Å². The Hall–Kier alpha value is -3.44. The number of amides is 2. The number of carbonyl (C=O) groups excluding carboxylic acids is 2. The summed E-state index contributed by atoms with van der Waals surface area (Å²) in [5.74, 6) is -0.275. The molecule has 0 spiro atoms. The van der Waals surface area contributed by atoms with Crippen LogP contribution in [0.1, 0.15) is 29.8 Å². The fourth-order valence-corrected chi connectivity index (χ4v) is 4.32. The molecule has 1 heterocycles. The van der Waals surface area contributed by atoms with Crippen LogP contribution in [0.15, 0.2) is 84.9 Å². The minimum absolute atomic E-state index is 0.0393. The molecule has 4 rings (SSSR count). The standard InChI is InChI=1S/C28H30N2O3/c1-21(2)29-27(32)28(19-24-15-9-10-16-25(24)22-11-5-3-6-12-22)20-30(17-18-33-28)26(31)23-13-7-4-8-14-23/h3-16,21H,17-20H2,1-2H3,(H,29,32). The highest BCUT2D eigenvalue weighted by molar-refractivity contribution is 5.95.